The number of benzene rings is 1. The van der Waals surface area contributed by atoms with Gasteiger partial charge in [-0.25, -0.2) is 8.42 Å². The molecule has 1 aliphatic heterocycles. The molecular formula is C12H17BrN2O2S. The van der Waals surface area contributed by atoms with Gasteiger partial charge in [-0.1, -0.05) is 12.5 Å². The van der Waals surface area contributed by atoms with E-state index in [1.165, 1.54) is 0 Å². The summed E-state index contributed by atoms with van der Waals surface area (Å²) >= 11 is 3.32. The molecule has 4 nitrogen and oxygen atoms in total. The Kier molecular flexibility index (Phi) is 4.42. The number of piperidine rings is 1. The molecule has 18 heavy (non-hydrogen) atoms. The lowest BCUT2D eigenvalue weighted by molar-refractivity contribution is 0.346. The van der Waals surface area contributed by atoms with Crippen molar-refractivity contribution in [2.45, 2.75) is 30.7 Å². The molecule has 100 valence electrons. The summed E-state index contributed by atoms with van der Waals surface area (Å²) in [5.74, 6) is 0. The summed E-state index contributed by atoms with van der Waals surface area (Å²) < 4.78 is 27.2. The molecule has 0 aliphatic carbocycles. The maximum atomic E-state index is 12.5. The van der Waals surface area contributed by atoms with Crippen molar-refractivity contribution in [1.82, 2.24) is 4.31 Å². The Labute approximate surface area is 116 Å². The molecule has 0 radical (unpaired) electrons. The van der Waals surface area contributed by atoms with Crippen molar-refractivity contribution in [3.8, 4) is 0 Å². The Morgan fingerprint density at radius 3 is 2.50 bits per heavy atom. The second-order valence-electron chi connectivity index (χ2n) is 4.43. The maximum Gasteiger partial charge on any atom is 0.244 e. The fourth-order valence-corrected chi connectivity index (χ4v) is 4.61. The van der Waals surface area contributed by atoms with E-state index < -0.39 is 10.0 Å². The van der Waals surface area contributed by atoms with Crippen LogP contribution in [0.15, 0.2) is 27.6 Å². The second kappa shape index (κ2) is 5.69. The van der Waals surface area contributed by atoms with Crippen LogP contribution in [0.4, 0.5) is 0 Å². The van der Waals surface area contributed by atoms with E-state index in [4.69, 9.17) is 5.73 Å². The minimum Gasteiger partial charge on any atom is -0.326 e. The number of rotatable bonds is 3. The third-order valence-corrected chi connectivity index (χ3v) is 6.06. The van der Waals surface area contributed by atoms with Gasteiger partial charge in [0.2, 0.25) is 10.0 Å². The molecule has 1 heterocycles. The van der Waals surface area contributed by atoms with Crippen LogP contribution in [0.5, 0.6) is 0 Å². The number of nitrogens with zero attached hydrogens (tertiary/aromatic N) is 1. The van der Waals surface area contributed by atoms with E-state index in [0.717, 1.165) is 24.8 Å². The summed E-state index contributed by atoms with van der Waals surface area (Å²) in [4.78, 5) is 0.326. The second-order valence-corrected chi connectivity index (χ2v) is 7.19. The molecule has 0 aromatic heterocycles. The van der Waals surface area contributed by atoms with Crippen LogP contribution >= 0.6 is 15.9 Å². The number of halogens is 1. The van der Waals surface area contributed by atoms with Crippen LogP contribution in [-0.2, 0) is 16.6 Å². The lowest BCUT2D eigenvalue weighted by Crippen LogP contribution is -2.35. The van der Waals surface area contributed by atoms with E-state index in [-0.39, 0.29) is 0 Å². The smallest absolute Gasteiger partial charge is 0.244 e. The number of hydrogen-bond acceptors (Lipinski definition) is 3. The van der Waals surface area contributed by atoms with E-state index in [9.17, 15) is 8.42 Å². The normalized spacial score (nSPS) is 17.9. The van der Waals surface area contributed by atoms with E-state index in [1.54, 1.807) is 16.4 Å². The molecule has 1 aromatic rings. The topological polar surface area (TPSA) is 63.4 Å². The molecule has 0 saturated carbocycles. The van der Waals surface area contributed by atoms with Crippen molar-refractivity contribution < 1.29 is 8.42 Å². The molecule has 2 N–H and O–H groups in total. The average Bonchev–Trinajstić information content (AvgIpc) is 2.40. The van der Waals surface area contributed by atoms with Crippen molar-refractivity contribution in [1.29, 1.82) is 0 Å². The van der Waals surface area contributed by atoms with Crippen LogP contribution < -0.4 is 5.73 Å². The van der Waals surface area contributed by atoms with Crippen LogP contribution in [0.25, 0.3) is 0 Å². The lowest BCUT2D eigenvalue weighted by Gasteiger charge is -2.26. The molecule has 6 heteroatoms. The number of nitrogens with two attached hydrogens (primary N) is 1. The van der Waals surface area contributed by atoms with Gasteiger partial charge in [-0.05, 0) is 46.5 Å². The molecule has 0 unspecified atom stereocenters. The van der Waals surface area contributed by atoms with Gasteiger partial charge >= 0.3 is 0 Å². The monoisotopic (exact) mass is 332 g/mol. The Hall–Kier alpha value is -0.430. The van der Waals surface area contributed by atoms with Crippen LogP contribution in [0.3, 0.4) is 0 Å². The van der Waals surface area contributed by atoms with Crippen molar-refractivity contribution in [2.24, 2.45) is 5.73 Å². The first-order valence-electron chi connectivity index (χ1n) is 6.04. The first kappa shape index (κ1) is 14.0. The van der Waals surface area contributed by atoms with Gasteiger partial charge in [-0.3, -0.25) is 0 Å². The molecule has 1 saturated heterocycles. The molecule has 1 aliphatic rings. The van der Waals surface area contributed by atoms with Gasteiger partial charge in [-0.15, -0.1) is 0 Å². The molecule has 0 amide bonds. The summed E-state index contributed by atoms with van der Waals surface area (Å²) in [6.07, 6.45) is 2.98. The zero-order valence-electron chi connectivity index (χ0n) is 10.1. The van der Waals surface area contributed by atoms with Crippen molar-refractivity contribution in [2.75, 3.05) is 13.1 Å². The lowest BCUT2D eigenvalue weighted by atomic mass is 10.2. The number of sulfonamides is 1. The maximum absolute atomic E-state index is 12.5. The zero-order chi connectivity index (χ0) is 13.2. The van der Waals surface area contributed by atoms with Gasteiger partial charge in [0, 0.05) is 24.1 Å². The highest BCUT2D eigenvalue weighted by atomic mass is 79.9. The Morgan fingerprint density at radius 2 is 1.89 bits per heavy atom. The van der Waals surface area contributed by atoms with Gasteiger partial charge in [0.1, 0.15) is 0 Å². The fourth-order valence-electron chi connectivity index (χ4n) is 2.12. The quantitative estimate of drug-likeness (QED) is 0.921. The largest absolute Gasteiger partial charge is 0.326 e. The average molecular weight is 333 g/mol. The molecule has 1 aromatic carbocycles. The third kappa shape index (κ3) is 2.77. The Bertz CT molecular complexity index is 525. The van der Waals surface area contributed by atoms with Crippen LogP contribution in [0.1, 0.15) is 24.8 Å². The van der Waals surface area contributed by atoms with E-state index in [1.807, 2.05) is 6.07 Å². The highest BCUT2D eigenvalue weighted by Gasteiger charge is 2.27. The fraction of sp³-hybridized carbons (Fsp3) is 0.500. The standard InChI is InChI=1S/C12H17BrN2O2S/c13-11-5-4-10(9-14)8-12(11)18(16,17)15-6-2-1-3-7-15/h4-5,8H,1-3,6-7,9,14H2. The van der Waals surface area contributed by atoms with Gasteiger partial charge in [0.15, 0.2) is 0 Å². The summed E-state index contributed by atoms with van der Waals surface area (Å²) in [7, 11) is -3.39. The van der Waals surface area contributed by atoms with E-state index in [2.05, 4.69) is 15.9 Å². The van der Waals surface area contributed by atoms with Gasteiger partial charge < -0.3 is 5.73 Å². The molecule has 1 fully saturated rings. The van der Waals surface area contributed by atoms with E-state index >= 15 is 0 Å². The van der Waals surface area contributed by atoms with Crippen LogP contribution in [-0.4, -0.2) is 25.8 Å². The summed E-state index contributed by atoms with van der Waals surface area (Å²) in [5, 5.41) is 0. The van der Waals surface area contributed by atoms with Crippen molar-refractivity contribution >= 4 is 26.0 Å². The van der Waals surface area contributed by atoms with Gasteiger partial charge in [-0.2, -0.15) is 4.31 Å². The first-order valence-corrected chi connectivity index (χ1v) is 8.27. The Morgan fingerprint density at radius 1 is 1.22 bits per heavy atom. The van der Waals surface area contributed by atoms with Crippen LogP contribution in [0.2, 0.25) is 0 Å². The summed E-state index contributed by atoms with van der Waals surface area (Å²) in [6.45, 7) is 1.57. The van der Waals surface area contributed by atoms with Gasteiger partial charge in [0.25, 0.3) is 0 Å². The van der Waals surface area contributed by atoms with Crippen molar-refractivity contribution in [3.63, 3.8) is 0 Å². The van der Waals surface area contributed by atoms with E-state index in [0.29, 0.717) is 29.0 Å². The summed E-state index contributed by atoms with van der Waals surface area (Å²) in [6, 6.07) is 5.24. The van der Waals surface area contributed by atoms with Crippen molar-refractivity contribution in [3.05, 3.63) is 28.2 Å². The summed E-state index contributed by atoms with van der Waals surface area (Å²) in [5.41, 5.74) is 6.39. The molecule has 0 spiro atoms. The zero-order valence-corrected chi connectivity index (χ0v) is 12.5. The van der Waals surface area contributed by atoms with Gasteiger partial charge in [0.05, 0.1) is 4.90 Å². The predicted octanol–water partition coefficient (Wildman–Crippen LogP) is 2.08. The van der Waals surface area contributed by atoms with Crippen LogP contribution in [0, 0.1) is 0 Å². The highest BCUT2D eigenvalue weighted by molar-refractivity contribution is 9.10. The highest BCUT2D eigenvalue weighted by Crippen LogP contribution is 2.28. The minimum absolute atomic E-state index is 0.326. The first-order chi connectivity index (χ1) is 8.55. The predicted molar refractivity (Wildman–Crippen MR) is 74.6 cm³/mol. The Balaban J connectivity index is 2.39. The molecular weight excluding hydrogens is 316 g/mol. The third-order valence-electron chi connectivity index (χ3n) is 3.16. The molecule has 0 atom stereocenters. The molecule has 2 rings (SSSR count). The minimum atomic E-state index is -3.39. The molecule has 0 bridgehead atoms. The number of hydrogen-bond donors (Lipinski definition) is 1. The SMILES string of the molecule is NCc1ccc(Br)c(S(=O)(=O)N2CCCCC2)c1.